The van der Waals surface area contributed by atoms with Crippen LogP contribution in [0.1, 0.15) is 19.8 Å². The molecule has 0 aliphatic heterocycles. The molecular weight excluding hydrogens is 212 g/mol. The van der Waals surface area contributed by atoms with Crippen LogP contribution in [0.5, 0.6) is 5.75 Å². The standard InChI is InChI=1S/C11H15ClN2O/c1-2-9(7-11(13)14)15-10-5-3-8(12)4-6-10/h3-6,9H,2,7H2,1H3,(H3,13,14). The third kappa shape index (κ3) is 4.21. The van der Waals surface area contributed by atoms with Crippen molar-refractivity contribution in [2.75, 3.05) is 0 Å². The van der Waals surface area contributed by atoms with Gasteiger partial charge in [0.2, 0.25) is 0 Å². The lowest BCUT2D eigenvalue weighted by atomic mass is 10.2. The van der Waals surface area contributed by atoms with Gasteiger partial charge >= 0.3 is 0 Å². The maximum absolute atomic E-state index is 7.20. The van der Waals surface area contributed by atoms with Gasteiger partial charge in [-0.2, -0.15) is 0 Å². The smallest absolute Gasteiger partial charge is 0.119 e. The first-order valence-electron chi connectivity index (χ1n) is 4.87. The van der Waals surface area contributed by atoms with E-state index in [-0.39, 0.29) is 11.9 Å². The highest BCUT2D eigenvalue weighted by molar-refractivity contribution is 6.30. The van der Waals surface area contributed by atoms with E-state index in [9.17, 15) is 0 Å². The van der Waals surface area contributed by atoms with Crippen molar-refractivity contribution in [2.45, 2.75) is 25.9 Å². The second-order valence-corrected chi connectivity index (χ2v) is 3.77. The summed E-state index contributed by atoms with van der Waals surface area (Å²) in [5, 5.41) is 7.89. The van der Waals surface area contributed by atoms with Crippen LogP contribution in [0.4, 0.5) is 0 Å². The number of hydrogen-bond donors (Lipinski definition) is 2. The molecule has 1 unspecified atom stereocenters. The molecule has 0 fully saturated rings. The average molecular weight is 227 g/mol. The summed E-state index contributed by atoms with van der Waals surface area (Å²) in [5.74, 6) is 0.906. The van der Waals surface area contributed by atoms with Gasteiger partial charge in [-0.15, -0.1) is 0 Å². The SMILES string of the molecule is CCC(CC(=N)N)Oc1ccc(Cl)cc1. The Hall–Kier alpha value is -1.22. The lowest BCUT2D eigenvalue weighted by Gasteiger charge is -2.16. The van der Waals surface area contributed by atoms with Crippen LogP contribution in [0.2, 0.25) is 5.02 Å². The molecule has 3 N–H and O–H groups in total. The van der Waals surface area contributed by atoms with Gasteiger partial charge in [0.15, 0.2) is 0 Å². The number of hydrogen-bond acceptors (Lipinski definition) is 2. The Kier molecular flexibility index (Phi) is 4.43. The van der Waals surface area contributed by atoms with E-state index in [1.165, 1.54) is 0 Å². The van der Waals surface area contributed by atoms with Gasteiger partial charge in [-0.1, -0.05) is 18.5 Å². The first-order chi connectivity index (χ1) is 7.11. The topological polar surface area (TPSA) is 59.1 Å². The molecule has 0 bridgehead atoms. The zero-order valence-electron chi connectivity index (χ0n) is 8.66. The van der Waals surface area contributed by atoms with Crippen molar-refractivity contribution < 1.29 is 4.74 Å². The highest BCUT2D eigenvalue weighted by Gasteiger charge is 2.09. The van der Waals surface area contributed by atoms with Crippen LogP contribution in [-0.4, -0.2) is 11.9 Å². The molecule has 15 heavy (non-hydrogen) atoms. The van der Waals surface area contributed by atoms with Gasteiger partial charge in [0.25, 0.3) is 0 Å². The molecule has 0 spiro atoms. The minimum Gasteiger partial charge on any atom is -0.490 e. The summed E-state index contributed by atoms with van der Waals surface area (Å²) in [6, 6.07) is 7.17. The van der Waals surface area contributed by atoms with Crippen LogP contribution >= 0.6 is 11.6 Å². The highest BCUT2D eigenvalue weighted by Crippen LogP contribution is 2.18. The summed E-state index contributed by atoms with van der Waals surface area (Å²) in [4.78, 5) is 0. The number of amidine groups is 1. The van der Waals surface area contributed by atoms with E-state index < -0.39 is 0 Å². The summed E-state index contributed by atoms with van der Waals surface area (Å²) in [6.07, 6.45) is 1.24. The minimum atomic E-state index is -0.0383. The van der Waals surface area contributed by atoms with Gasteiger partial charge in [0.1, 0.15) is 11.9 Å². The van der Waals surface area contributed by atoms with Crippen molar-refractivity contribution in [2.24, 2.45) is 5.73 Å². The Morgan fingerprint density at radius 1 is 1.47 bits per heavy atom. The van der Waals surface area contributed by atoms with E-state index in [2.05, 4.69) is 0 Å². The number of nitrogens with two attached hydrogens (primary N) is 1. The molecule has 82 valence electrons. The Labute approximate surface area is 94.7 Å². The van der Waals surface area contributed by atoms with Crippen LogP contribution in [0.25, 0.3) is 0 Å². The van der Waals surface area contributed by atoms with Gasteiger partial charge in [0, 0.05) is 11.4 Å². The molecule has 3 nitrogen and oxygen atoms in total. The molecule has 4 heteroatoms. The molecule has 1 atom stereocenters. The molecule has 0 saturated carbocycles. The van der Waals surface area contributed by atoms with E-state index in [0.29, 0.717) is 11.4 Å². The van der Waals surface area contributed by atoms with Crippen LogP contribution in [0.15, 0.2) is 24.3 Å². The molecule has 1 aromatic carbocycles. The second kappa shape index (κ2) is 5.61. The highest BCUT2D eigenvalue weighted by atomic mass is 35.5. The van der Waals surface area contributed by atoms with E-state index in [4.69, 9.17) is 27.5 Å². The summed E-state index contributed by atoms with van der Waals surface area (Å²) in [5.41, 5.74) is 5.33. The first kappa shape index (κ1) is 11.9. The molecule has 0 amide bonds. The van der Waals surface area contributed by atoms with Crippen molar-refractivity contribution >= 4 is 17.4 Å². The Balaban J connectivity index is 2.58. The number of benzene rings is 1. The molecular formula is C11H15ClN2O. The van der Waals surface area contributed by atoms with Crippen molar-refractivity contribution in [3.8, 4) is 5.75 Å². The number of ether oxygens (including phenoxy) is 1. The lowest BCUT2D eigenvalue weighted by molar-refractivity contribution is 0.204. The third-order valence-corrected chi connectivity index (χ3v) is 2.27. The fourth-order valence-corrected chi connectivity index (χ4v) is 1.35. The average Bonchev–Trinajstić information content (AvgIpc) is 2.19. The fourth-order valence-electron chi connectivity index (χ4n) is 1.22. The van der Waals surface area contributed by atoms with Gasteiger partial charge < -0.3 is 10.5 Å². The van der Waals surface area contributed by atoms with Gasteiger partial charge in [-0.25, -0.2) is 0 Å². The molecule has 1 rings (SSSR count). The Morgan fingerprint density at radius 3 is 2.53 bits per heavy atom. The lowest BCUT2D eigenvalue weighted by Crippen LogP contribution is -2.23. The molecule has 0 saturated heterocycles. The van der Waals surface area contributed by atoms with Gasteiger partial charge in [-0.3, -0.25) is 5.41 Å². The van der Waals surface area contributed by atoms with Crippen LogP contribution in [0, 0.1) is 5.41 Å². The summed E-state index contributed by atoms with van der Waals surface area (Å²) in [6.45, 7) is 2.00. The second-order valence-electron chi connectivity index (χ2n) is 3.33. The molecule has 0 heterocycles. The van der Waals surface area contributed by atoms with Crippen LogP contribution in [-0.2, 0) is 0 Å². The number of nitrogens with one attached hydrogen (secondary N) is 1. The maximum atomic E-state index is 7.20. The first-order valence-corrected chi connectivity index (χ1v) is 5.24. The third-order valence-electron chi connectivity index (χ3n) is 2.02. The minimum absolute atomic E-state index is 0.0383. The predicted molar refractivity (Wildman–Crippen MR) is 62.7 cm³/mol. The number of rotatable bonds is 5. The normalized spacial score (nSPS) is 12.1. The van der Waals surface area contributed by atoms with E-state index in [0.717, 1.165) is 12.2 Å². The van der Waals surface area contributed by atoms with Crippen molar-refractivity contribution in [3.05, 3.63) is 29.3 Å². The van der Waals surface area contributed by atoms with Crippen molar-refractivity contribution in [3.63, 3.8) is 0 Å². The van der Waals surface area contributed by atoms with E-state index >= 15 is 0 Å². The number of halogens is 1. The Morgan fingerprint density at radius 2 is 2.07 bits per heavy atom. The maximum Gasteiger partial charge on any atom is 0.119 e. The molecule has 1 aromatic rings. The van der Waals surface area contributed by atoms with Gasteiger partial charge in [-0.05, 0) is 30.7 Å². The summed E-state index contributed by atoms with van der Waals surface area (Å²) < 4.78 is 5.65. The molecule has 0 aliphatic carbocycles. The van der Waals surface area contributed by atoms with Gasteiger partial charge in [0.05, 0.1) is 5.84 Å². The predicted octanol–water partition coefficient (Wildman–Crippen LogP) is 2.82. The zero-order chi connectivity index (χ0) is 11.3. The quantitative estimate of drug-likeness (QED) is 0.599. The van der Waals surface area contributed by atoms with Crippen molar-refractivity contribution in [1.29, 1.82) is 5.41 Å². The molecule has 0 aliphatic rings. The summed E-state index contributed by atoms with van der Waals surface area (Å²) >= 11 is 5.76. The zero-order valence-corrected chi connectivity index (χ0v) is 9.42. The van der Waals surface area contributed by atoms with Crippen molar-refractivity contribution in [1.82, 2.24) is 0 Å². The van der Waals surface area contributed by atoms with Crippen LogP contribution in [0.3, 0.4) is 0 Å². The monoisotopic (exact) mass is 226 g/mol. The Bertz CT molecular complexity index is 324. The largest absolute Gasteiger partial charge is 0.490 e. The van der Waals surface area contributed by atoms with Crippen LogP contribution < -0.4 is 10.5 Å². The molecule has 0 aromatic heterocycles. The molecule has 0 radical (unpaired) electrons. The van der Waals surface area contributed by atoms with E-state index in [1.54, 1.807) is 12.1 Å². The van der Waals surface area contributed by atoms with E-state index in [1.807, 2.05) is 19.1 Å². The summed E-state index contributed by atoms with van der Waals surface area (Å²) in [7, 11) is 0. The fraction of sp³-hybridized carbons (Fsp3) is 0.364.